The molecule has 2 aliphatic heterocycles. The number of aromatic nitrogens is 2. The van der Waals surface area contributed by atoms with Crippen LogP contribution in [0.5, 0.6) is 0 Å². The molecule has 2 saturated heterocycles. The first-order valence-corrected chi connectivity index (χ1v) is 10.9. The van der Waals surface area contributed by atoms with Gasteiger partial charge in [0.05, 0.1) is 17.3 Å². The molecule has 2 amide bonds. The Morgan fingerprint density at radius 3 is 2.39 bits per heavy atom. The predicted octanol–water partition coefficient (Wildman–Crippen LogP) is 2.00. The van der Waals surface area contributed by atoms with Crippen molar-refractivity contribution in [2.24, 2.45) is 5.73 Å². The lowest BCUT2D eigenvalue weighted by molar-refractivity contribution is 0.0599. The number of hydrogen-bond acceptors (Lipinski definition) is 6. The van der Waals surface area contributed by atoms with E-state index in [0.29, 0.717) is 29.2 Å². The number of carbonyl (C=O) groups is 2. The Bertz CT molecular complexity index is 953. The number of amides is 2. The van der Waals surface area contributed by atoms with Crippen LogP contribution >= 0.6 is 0 Å². The summed E-state index contributed by atoms with van der Waals surface area (Å²) in [5.41, 5.74) is 8.07. The fraction of sp³-hybridized carbons (Fsp3) is 0.478. The number of piperazine rings is 1. The molecule has 8 nitrogen and oxygen atoms in total. The van der Waals surface area contributed by atoms with Gasteiger partial charge in [-0.3, -0.25) is 9.59 Å². The second kappa shape index (κ2) is 9.01. The van der Waals surface area contributed by atoms with Crippen molar-refractivity contribution in [3.63, 3.8) is 0 Å². The van der Waals surface area contributed by atoms with Crippen LogP contribution in [0.2, 0.25) is 0 Å². The van der Waals surface area contributed by atoms with Gasteiger partial charge in [-0.15, -0.1) is 0 Å². The lowest BCUT2D eigenvalue weighted by Crippen LogP contribution is -2.44. The first kappa shape index (κ1) is 21.2. The zero-order valence-corrected chi connectivity index (χ0v) is 18.3. The van der Waals surface area contributed by atoms with E-state index in [2.05, 4.69) is 26.8 Å². The Hall–Kier alpha value is -3.00. The van der Waals surface area contributed by atoms with E-state index in [9.17, 15) is 9.59 Å². The number of nitrogens with two attached hydrogens (primary N) is 1. The Balaban J connectivity index is 1.52. The van der Waals surface area contributed by atoms with Gasteiger partial charge in [0, 0.05) is 50.2 Å². The van der Waals surface area contributed by atoms with Gasteiger partial charge in [-0.2, -0.15) is 0 Å². The predicted molar refractivity (Wildman–Crippen MR) is 119 cm³/mol. The number of primary amides is 1. The smallest absolute Gasteiger partial charge is 0.254 e. The monoisotopic (exact) mass is 422 g/mol. The Labute approximate surface area is 183 Å². The number of rotatable bonds is 4. The SMILES string of the molecule is Cc1nc(C2CCCCN2C(=O)c2ccc(N3CCN(C)CC3)cc2)ncc1C(N)=O. The van der Waals surface area contributed by atoms with E-state index < -0.39 is 5.91 Å². The third-order valence-electron chi connectivity index (χ3n) is 6.31. The lowest BCUT2D eigenvalue weighted by Gasteiger charge is -2.35. The van der Waals surface area contributed by atoms with Crippen LogP contribution in [-0.4, -0.2) is 71.4 Å². The van der Waals surface area contributed by atoms with Crippen LogP contribution in [0.3, 0.4) is 0 Å². The average molecular weight is 423 g/mol. The van der Waals surface area contributed by atoms with Gasteiger partial charge in [0.2, 0.25) is 0 Å². The van der Waals surface area contributed by atoms with Crippen molar-refractivity contribution in [2.45, 2.75) is 32.2 Å². The van der Waals surface area contributed by atoms with Crippen molar-refractivity contribution in [1.29, 1.82) is 0 Å². The molecule has 0 saturated carbocycles. The molecular weight excluding hydrogens is 392 g/mol. The van der Waals surface area contributed by atoms with Gasteiger partial charge in [0.1, 0.15) is 0 Å². The molecule has 2 N–H and O–H groups in total. The highest BCUT2D eigenvalue weighted by Crippen LogP contribution is 2.31. The summed E-state index contributed by atoms with van der Waals surface area (Å²) in [4.78, 5) is 40.3. The molecule has 8 heteroatoms. The van der Waals surface area contributed by atoms with Gasteiger partial charge >= 0.3 is 0 Å². The van der Waals surface area contributed by atoms with Crippen molar-refractivity contribution in [1.82, 2.24) is 19.8 Å². The maximum absolute atomic E-state index is 13.4. The molecule has 1 atom stereocenters. The summed E-state index contributed by atoms with van der Waals surface area (Å²) in [5, 5.41) is 0. The van der Waals surface area contributed by atoms with E-state index in [1.165, 1.54) is 6.20 Å². The van der Waals surface area contributed by atoms with Gasteiger partial charge in [-0.05, 0) is 57.5 Å². The van der Waals surface area contributed by atoms with Gasteiger partial charge in [-0.25, -0.2) is 9.97 Å². The van der Waals surface area contributed by atoms with E-state index in [-0.39, 0.29) is 11.9 Å². The summed E-state index contributed by atoms with van der Waals surface area (Å²) in [6.45, 7) is 6.50. The molecule has 31 heavy (non-hydrogen) atoms. The number of hydrogen-bond donors (Lipinski definition) is 1. The number of nitrogens with zero attached hydrogens (tertiary/aromatic N) is 5. The van der Waals surface area contributed by atoms with Crippen LogP contribution in [-0.2, 0) is 0 Å². The minimum Gasteiger partial charge on any atom is -0.369 e. The van der Waals surface area contributed by atoms with Gasteiger partial charge in [0.15, 0.2) is 5.82 Å². The van der Waals surface area contributed by atoms with E-state index in [0.717, 1.165) is 51.1 Å². The molecule has 1 unspecified atom stereocenters. The normalized spacial score (nSPS) is 20.0. The molecule has 4 rings (SSSR count). The van der Waals surface area contributed by atoms with E-state index in [1.807, 2.05) is 29.2 Å². The maximum Gasteiger partial charge on any atom is 0.254 e. The number of aryl methyl sites for hydroxylation is 1. The Morgan fingerprint density at radius 1 is 1.03 bits per heavy atom. The summed E-state index contributed by atoms with van der Waals surface area (Å²) < 4.78 is 0. The summed E-state index contributed by atoms with van der Waals surface area (Å²) in [5.74, 6) is 0.0283. The molecule has 1 aromatic carbocycles. The minimum absolute atomic E-state index is 0.00476. The summed E-state index contributed by atoms with van der Waals surface area (Å²) >= 11 is 0. The molecule has 0 radical (unpaired) electrons. The molecule has 2 aromatic rings. The van der Waals surface area contributed by atoms with Crippen LogP contribution in [0.1, 0.15) is 57.5 Å². The van der Waals surface area contributed by atoms with Gasteiger partial charge in [0.25, 0.3) is 11.8 Å². The molecule has 164 valence electrons. The van der Waals surface area contributed by atoms with Gasteiger partial charge in [-0.1, -0.05) is 0 Å². The number of anilines is 1. The minimum atomic E-state index is -0.541. The fourth-order valence-corrected chi connectivity index (χ4v) is 4.38. The highest BCUT2D eigenvalue weighted by Gasteiger charge is 2.31. The van der Waals surface area contributed by atoms with Crippen LogP contribution in [0.15, 0.2) is 30.5 Å². The standard InChI is InChI=1S/C23H30N6O2/c1-16-19(21(24)30)15-25-22(26-16)20-5-3-4-10-29(20)23(31)17-6-8-18(9-7-17)28-13-11-27(2)12-14-28/h6-9,15,20H,3-5,10-14H2,1-2H3,(H2,24,30). The number of benzene rings is 1. The van der Waals surface area contributed by atoms with Crippen molar-refractivity contribution < 1.29 is 9.59 Å². The molecule has 0 aliphatic carbocycles. The number of likely N-dealkylation sites (tertiary alicyclic amines) is 1. The molecule has 0 bridgehead atoms. The van der Waals surface area contributed by atoms with Crippen LogP contribution in [0, 0.1) is 6.92 Å². The van der Waals surface area contributed by atoms with Crippen molar-refractivity contribution in [2.75, 3.05) is 44.7 Å². The first-order chi connectivity index (χ1) is 14.9. The largest absolute Gasteiger partial charge is 0.369 e. The van der Waals surface area contributed by atoms with Crippen molar-refractivity contribution >= 4 is 17.5 Å². The molecule has 1 aromatic heterocycles. The average Bonchev–Trinajstić information content (AvgIpc) is 2.79. The fourth-order valence-electron chi connectivity index (χ4n) is 4.38. The highest BCUT2D eigenvalue weighted by molar-refractivity contribution is 5.95. The third-order valence-corrected chi connectivity index (χ3v) is 6.31. The highest BCUT2D eigenvalue weighted by atomic mass is 16.2. The van der Waals surface area contributed by atoms with Crippen LogP contribution in [0.25, 0.3) is 0 Å². The van der Waals surface area contributed by atoms with E-state index in [1.54, 1.807) is 6.92 Å². The first-order valence-electron chi connectivity index (χ1n) is 10.9. The quantitative estimate of drug-likeness (QED) is 0.810. The third kappa shape index (κ3) is 4.54. The molecular formula is C23H30N6O2. The van der Waals surface area contributed by atoms with E-state index in [4.69, 9.17) is 5.73 Å². The van der Waals surface area contributed by atoms with Crippen LogP contribution in [0.4, 0.5) is 5.69 Å². The summed E-state index contributed by atoms with van der Waals surface area (Å²) in [6, 6.07) is 7.73. The van der Waals surface area contributed by atoms with Crippen LogP contribution < -0.4 is 10.6 Å². The van der Waals surface area contributed by atoms with E-state index >= 15 is 0 Å². The maximum atomic E-state index is 13.4. The van der Waals surface area contributed by atoms with Crippen molar-refractivity contribution in [3.8, 4) is 0 Å². The molecule has 3 heterocycles. The zero-order chi connectivity index (χ0) is 22.0. The second-order valence-corrected chi connectivity index (χ2v) is 8.44. The number of likely N-dealkylation sites (N-methyl/N-ethyl adjacent to an activating group) is 1. The second-order valence-electron chi connectivity index (χ2n) is 8.44. The topological polar surface area (TPSA) is 95.7 Å². The lowest BCUT2D eigenvalue weighted by atomic mass is 9.99. The van der Waals surface area contributed by atoms with Gasteiger partial charge < -0.3 is 20.4 Å². The zero-order valence-electron chi connectivity index (χ0n) is 18.3. The molecule has 0 spiro atoms. The number of piperidine rings is 1. The summed E-state index contributed by atoms with van der Waals surface area (Å²) in [7, 11) is 2.14. The Morgan fingerprint density at radius 2 is 1.74 bits per heavy atom. The Kier molecular flexibility index (Phi) is 6.18. The summed E-state index contributed by atoms with van der Waals surface area (Å²) in [6.07, 6.45) is 4.25. The molecule has 2 aliphatic rings. The van der Waals surface area contributed by atoms with Crippen molar-refractivity contribution in [3.05, 3.63) is 53.1 Å². The molecule has 2 fully saturated rings. The number of carbonyl (C=O) groups excluding carboxylic acids is 2.